The second-order valence-corrected chi connectivity index (χ2v) is 2.82. The number of aliphatic imine (C=N–C) groups is 1. The molecule has 0 aliphatic rings. The number of benzene rings is 1. The Morgan fingerprint density at radius 3 is 2.67 bits per heavy atom. The van der Waals surface area contributed by atoms with Gasteiger partial charge in [0.25, 0.3) is 0 Å². The summed E-state index contributed by atoms with van der Waals surface area (Å²) >= 11 is 5.92. The molecule has 0 fully saturated rings. The van der Waals surface area contributed by atoms with Crippen LogP contribution in [0.4, 0.5) is 5.69 Å². The molecule has 1 rings (SSSR count). The van der Waals surface area contributed by atoms with E-state index < -0.39 is 0 Å². The number of rotatable bonds is 1. The molecule has 0 bridgehead atoms. The SMILES string of the molecule is Cc1cccc(N=C(N)N)c1Cl. The molecule has 0 atom stereocenters. The maximum atomic E-state index is 5.92. The number of nitrogens with zero attached hydrogens (tertiary/aromatic N) is 1. The Bertz CT molecular complexity index is 316. The molecule has 3 nitrogen and oxygen atoms in total. The van der Waals surface area contributed by atoms with E-state index in [1.54, 1.807) is 6.07 Å². The zero-order valence-corrected chi connectivity index (χ0v) is 7.47. The highest BCUT2D eigenvalue weighted by atomic mass is 35.5. The molecule has 0 saturated heterocycles. The van der Waals surface area contributed by atoms with Crippen molar-refractivity contribution in [2.75, 3.05) is 0 Å². The minimum atomic E-state index is 0.0162. The molecule has 0 saturated carbocycles. The second-order valence-electron chi connectivity index (χ2n) is 2.44. The first kappa shape index (κ1) is 8.87. The van der Waals surface area contributed by atoms with Gasteiger partial charge in [-0.25, -0.2) is 4.99 Å². The predicted molar refractivity (Wildman–Crippen MR) is 51.7 cm³/mol. The lowest BCUT2D eigenvalue weighted by Crippen LogP contribution is -2.21. The minimum Gasteiger partial charge on any atom is -0.370 e. The van der Waals surface area contributed by atoms with Crippen LogP contribution in [0.2, 0.25) is 5.02 Å². The van der Waals surface area contributed by atoms with Crippen LogP contribution in [0.3, 0.4) is 0 Å². The van der Waals surface area contributed by atoms with E-state index >= 15 is 0 Å². The van der Waals surface area contributed by atoms with Crippen molar-refractivity contribution in [3.8, 4) is 0 Å². The van der Waals surface area contributed by atoms with Crippen LogP contribution in [0.5, 0.6) is 0 Å². The van der Waals surface area contributed by atoms with Gasteiger partial charge in [-0.3, -0.25) is 0 Å². The summed E-state index contributed by atoms with van der Waals surface area (Å²) in [5, 5.41) is 0.589. The molecule has 0 spiro atoms. The zero-order chi connectivity index (χ0) is 9.14. The monoisotopic (exact) mass is 183 g/mol. The molecule has 0 aliphatic heterocycles. The summed E-state index contributed by atoms with van der Waals surface area (Å²) in [6.45, 7) is 1.90. The van der Waals surface area contributed by atoms with Gasteiger partial charge >= 0.3 is 0 Å². The quantitative estimate of drug-likeness (QED) is 0.513. The Labute approximate surface area is 76.0 Å². The molecular formula is C8H10ClN3. The highest BCUT2D eigenvalue weighted by Crippen LogP contribution is 2.27. The fourth-order valence-electron chi connectivity index (χ4n) is 0.857. The van der Waals surface area contributed by atoms with E-state index in [1.165, 1.54) is 0 Å². The highest BCUT2D eigenvalue weighted by Gasteiger charge is 2.00. The summed E-state index contributed by atoms with van der Waals surface area (Å²) in [4.78, 5) is 3.86. The average Bonchev–Trinajstić information content (AvgIpc) is 1.98. The Morgan fingerprint density at radius 2 is 2.08 bits per heavy atom. The first-order valence-electron chi connectivity index (χ1n) is 3.46. The van der Waals surface area contributed by atoms with Crippen molar-refractivity contribution in [3.63, 3.8) is 0 Å². The standard InChI is InChI=1S/C8H10ClN3/c1-5-3-2-4-6(7(5)9)12-8(10)11/h2-4H,1H3,(H4,10,11,12). The lowest BCUT2D eigenvalue weighted by atomic mass is 10.2. The van der Waals surface area contributed by atoms with Crippen LogP contribution < -0.4 is 11.5 Å². The van der Waals surface area contributed by atoms with Crippen molar-refractivity contribution >= 4 is 23.2 Å². The van der Waals surface area contributed by atoms with Crippen LogP contribution in [-0.4, -0.2) is 5.96 Å². The topological polar surface area (TPSA) is 64.4 Å². The van der Waals surface area contributed by atoms with Crippen LogP contribution in [0, 0.1) is 6.92 Å². The molecule has 0 amide bonds. The number of halogens is 1. The third-order valence-electron chi connectivity index (χ3n) is 1.42. The van der Waals surface area contributed by atoms with Crippen molar-refractivity contribution in [1.29, 1.82) is 0 Å². The van der Waals surface area contributed by atoms with E-state index in [2.05, 4.69) is 4.99 Å². The van der Waals surface area contributed by atoms with Gasteiger partial charge in [-0.05, 0) is 18.6 Å². The smallest absolute Gasteiger partial charge is 0.191 e. The summed E-state index contributed by atoms with van der Waals surface area (Å²) in [6.07, 6.45) is 0. The Hall–Kier alpha value is -1.22. The Balaban J connectivity index is 3.17. The van der Waals surface area contributed by atoms with Crippen LogP contribution in [0.25, 0.3) is 0 Å². The third kappa shape index (κ3) is 1.89. The van der Waals surface area contributed by atoms with Crippen molar-refractivity contribution in [3.05, 3.63) is 28.8 Å². The second kappa shape index (κ2) is 3.45. The van der Waals surface area contributed by atoms with Crippen molar-refractivity contribution in [2.45, 2.75) is 6.92 Å². The third-order valence-corrected chi connectivity index (χ3v) is 1.91. The van der Waals surface area contributed by atoms with Crippen LogP contribution in [0.1, 0.15) is 5.56 Å². The highest BCUT2D eigenvalue weighted by molar-refractivity contribution is 6.33. The lowest BCUT2D eigenvalue weighted by molar-refractivity contribution is 1.39. The van der Waals surface area contributed by atoms with Crippen molar-refractivity contribution in [1.82, 2.24) is 0 Å². The first-order valence-corrected chi connectivity index (χ1v) is 3.84. The minimum absolute atomic E-state index is 0.0162. The molecule has 1 aromatic carbocycles. The molecule has 1 aromatic rings. The predicted octanol–water partition coefficient (Wildman–Crippen LogP) is 1.55. The Kier molecular flexibility index (Phi) is 2.55. The van der Waals surface area contributed by atoms with Gasteiger partial charge in [0.1, 0.15) is 0 Å². The van der Waals surface area contributed by atoms with Crippen molar-refractivity contribution < 1.29 is 0 Å². The first-order chi connectivity index (χ1) is 5.61. The van der Waals surface area contributed by atoms with Gasteiger partial charge in [0, 0.05) is 0 Å². The molecule has 0 unspecified atom stereocenters. The van der Waals surface area contributed by atoms with E-state index in [1.807, 2.05) is 19.1 Å². The van der Waals surface area contributed by atoms with E-state index in [0.29, 0.717) is 10.7 Å². The van der Waals surface area contributed by atoms with Gasteiger partial charge in [-0.1, -0.05) is 23.7 Å². The number of nitrogens with two attached hydrogens (primary N) is 2. The number of guanidine groups is 1. The summed E-state index contributed by atoms with van der Waals surface area (Å²) in [7, 11) is 0. The number of aryl methyl sites for hydroxylation is 1. The molecular weight excluding hydrogens is 174 g/mol. The number of hydrogen-bond donors (Lipinski definition) is 2. The normalized spacial score (nSPS) is 9.50. The van der Waals surface area contributed by atoms with Crippen LogP contribution in [-0.2, 0) is 0 Å². The summed E-state index contributed by atoms with van der Waals surface area (Å²) in [5.74, 6) is 0.0162. The molecule has 0 radical (unpaired) electrons. The average molecular weight is 184 g/mol. The largest absolute Gasteiger partial charge is 0.370 e. The Morgan fingerprint density at radius 1 is 1.42 bits per heavy atom. The maximum absolute atomic E-state index is 5.92. The molecule has 0 heterocycles. The molecule has 4 heteroatoms. The van der Waals surface area contributed by atoms with Gasteiger partial charge in [0.15, 0.2) is 5.96 Å². The van der Waals surface area contributed by atoms with Crippen LogP contribution in [0.15, 0.2) is 23.2 Å². The molecule has 0 aliphatic carbocycles. The molecule has 64 valence electrons. The van der Waals surface area contributed by atoms with E-state index in [9.17, 15) is 0 Å². The van der Waals surface area contributed by atoms with E-state index in [-0.39, 0.29) is 5.96 Å². The lowest BCUT2D eigenvalue weighted by Gasteiger charge is -2.00. The zero-order valence-electron chi connectivity index (χ0n) is 6.71. The number of hydrogen-bond acceptors (Lipinski definition) is 1. The fourth-order valence-corrected chi connectivity index (χ4v) is 1.03. The van der Waals surface area contributed by atoms with Gasteiger partial charge < -0.3 is 11.5 Å². The van der Waals surface area contributed by atoms with Gasteiger partial charge in [0.2, 0.25) is 0 Å². The maximum Gasteiger partial charge on any atom is 0.191 e. The summed E-state index contributed by atoms with van der Waals surface area (Å²) < 4.78 is 0. The van der Waals surface area contributed by atoms with Crippen LogP contribution >= 0.6 is 11.6 Å². The van der Waals surface area contributed by atoms with E-state index in [4.69, 9.17) is 23.1 Å². The summed E-state index contributed by atoms with van der Waals surface area (Å²) in [6, 6.07) is 5.51. The van der Waals surface area contributed by atoms with Gasteiger partial charge in [-0.2, -0.15) is 0 Å². The van der Waals surface area contributed by atoms with Gasteiger partial charge in [-0.15, -0.1) is 0 Å². The molecule has 4 N–H and O–H groups in total. The molecule has 0 aromatic heterocycles. The van der Waals surface area contributed by atoms with Gasteiger partial charge in [0.05, 0.1) is 10.7 Å². The fraction of sp³-hybridized carbons (Fsp3) is 0.125. The van der Waals surface area contributed by atoms with Crippen molar-refractivity contribution in [2.24, 2.45) is 16.5 Å². The van der Waals surface area contributed by atoms with E-state index in [0.717, 1.165) is 5.56 Å². The summed E-state index contributed by atoms with van der Waals surface area (Å²) in [5.41, 5.74) is 12.0. The molecule has 12 heavy (non-hydrogen) atoms.